The zero-order valence-corrected chi connectivity index (χ0v) is 18.0. The van der Waals surface area contributed by atoms with Gasteiger partial charge >= 0.3 is 0 Å². The van der Waals surface area contributed by atoms with E-state index in [9.17, 15) is 0 Å². The fourth-order valence-corrected chi connectivity index (χ4v) is 2.35. The number of aliphatic imine (C=N–C) groups is 1. The Morgan fingerprint density at radius 1 is 1.16 bits per heavy atom. The maximum absolute atomic E-state index is 4.23. The number of hydrogen-bond acceptors (Lipinski definition) is 3. The van der Waals surface area contributed by atoms with Gasteiger partial charge in [0.1, 0.15) is 6.33 Å². The lowest BCUT2D eigenvalue weighted by atomic mass is 9.86. The zero-order valence-electron chi connectivity index (χ0n) is 15.7. The Hall–Kier alpha value is -1.64. The van der Waals surface area contributed by atoms with Crippen molar-refractivity contribution in [1.82, 2.24) is 25.4 Å². The Bertz CT molecular complexity index is 670. The molecule has 1 aromatic heterocycles. The van der Waals surface area contributed by atoms with Crippen molar-refractivity contribution in [2.75, 3.05) is 13.6 Å². The molecule has 0 fully saturated rings. The lowest BCUT2D eigenvalue weighted by Crippen LogP contribution is -2.38. The number of rotatable bonds is 5. The second-order valence-corrected chi connectivity index (χ2v) is 6.91. The highest BCUT2D eigenvalue weighted by Gasteiger charge is 2.12. The van der Waals surface area contributed by atoms with Crippen LogP contribution >= 0.6 is 24.0 Å². The Morgan fingerprint density at radius 2 is 1.84 bits per heavy atom. The van der Waals surface area contributed by atoms with Gasteiger partial charge in [-0.05, 0) is 23.0 Å². The molecule has 0 aliphatic heterocycles. The van der Waals surface area contributed by atoms with Crippen LogP contribution < -0.4 is 10.6 Å². The molecule has 2 aromatic rings. The molecule has 0 bridgehead atoms. The van der Waals surface area contributed by atoms with Gasteiger partial charge in [-0.3, -0.25) is 4.99 Å². The van der Waals surface area contributed by atoms with E-state index in [4.69, 9.17) is 0 Å². The van der Waals surface area contributed by atoms with Gasteiger partial charge < -0.3 is 15.2 Å². The highest BCUT2D eigenvalue weighted by molar-refractivity contribution is 14.0. The summed E-state index contributed by atoms with van der Waals surface area (Å²) < 4.78 is 1.89. The molecule has 0 spiro atoms. The molecule has 0 aliphatic carbocycles. The van der Waals surface area contributed by atoms with Crippen molar-refractivity contribution in [3.63, 3.8) is 0 Å². The molecule has 0 saturated carbocycles. The van der Waals surface area contributed by atoms with E-state index in [0.29, 0.717) is 6.54 Å². The Balaban J connectivity index is 0.00000312. The number of nitrogens with one attached hydrogen (secondary N) is 2. The summed E-state index contributed by atoms with van der Waals surface area (Å²) in [5, 5.41) is 14.5. The molecular formula is C18H29IN6. The fourth-order valence-electron chi connectivity index (χ4n) is 2.35. The summed E-state index contributed by atoms with van der Waals surface area (Å²) in [5.41, 5.74) is 2.88. The molecule has 0 atom stereocenters. The quantitative estimate of drug-likeness (QED) is 0.413. The summed E-state index contributed by atoms with van der Waals surface area (Å²) in [4.78, 5) is 4.23. The van der Waals surface area contributed by atoms with Gasteiger partial charge in [-0.15, -0.1) is 34.2 Å². The predicted molar refractivity (Wildman–Crippen MR) is 113 cm³/mol. The monoisotopic (exact) mass is 456 g/mol. The number of aryl methyl sites for hydroxylation is 1. The standard InChI is InChI=1S/C18H28N6.HI/c1-18(2,3)15-8-6-14(7-9-15)10-11-20-17(19-4)21-12-16-23-22-13-24(16)5;/h6-9,13H,10-12H2,1-5H3,(H2,19,20,21);1H. The molecular weight excluding hydrogens is 427 g/mol. The van der Waals surface area contributed by atoms with Crippen LogP contribution in [0.25, 0.3) is 0 Å². The number of halogens is 1. The number of guanidine groups is 1. The molecule has 6 nitrogen and oxygen atoms in total. The van der Waals surface area contributed by atoms with Crippen LogP contribution in [-0.2, 0) is 25.4 Å². The highest BCUT2D eigenvalue weighted by atomic mass is 127. The highest BCUT2D eigenvalue weighted by Crippen LogP contribution is 2.22. The molecule has 0 aliphatic rings. The van der Waals surface area contributed by atoms with Crippen molar-refractivity contribution in [2.24, 2.45) is 12.0 Å². The van der Waals surface area contributed by atoms with E-state index in [-0.39, 0.29) is 29.4 Å². The molecule has 7 heteroatoms. The second-order valence-electron chi connectivity index (χ2n) is 6.91. The average molecular weight is 456 g/mol. The van der Waals surface area contributed by atoms with Gasteiger partial charge in [0.15, 0.2) is 11.8 Å². The van der Waals surface area contributed by atoms with Gasteiger partial charge in [0.25, 0.3) is 0 Å². The Kier molecular flexibility index (Phi) is 8.34. The van der Waals surface area contributed by atoms with Crippen molar-refractivity contribution in [1.29, 1.82) is 0 Å². The molecule has 0 radical (unpaired) electrons. The number of benzene rings is 1. The third-order valence-corrected chi connectivity index (χ3v) is 3.97. The number of nitrogens with zero attached hydrogens (tertiary/aromatic N) is 4. The van der Waals surface area contributed by atoms with Crippen molar-refractivity contribution < 1.29 is 0 Å². The Morgan fingerprint density at radius 3 is 2.36 bits per heavy atom. The molecule has 2 N–H and O–H groups in total. The average Bonchev–Trinajstić information content (AvgIpc) is 2.95. The molecule has 25 heavy (non-hydrogen) atoms. The third-order valence-electron chi connectivity index (χ3n) is 3.97. The molecule has 1 heterocycles. The van der Waals surface area contributed by atoms with E-state index >= 15 is 0 Å². The minimum Gasteiger partial charge on any atom is -0.356 e. The van der Waals surface area contributed by atoms with E-state index in [2.05, 4.69) is 70.9 Å². The Labute approximate surface area is 167 Å². The van der Waals surface area contributed by atoms with Gasteiger partial charge in [0, 0.05) is 20.6 Å². The maximum Gasteiger partial charge on any atom is 0.191 e. The van der Waals surface area contributed by atoms with Crippen LogP contribution in [0, 0.1) is 0 Å². The molecule has 1 aromatic carbocycles. The van der Waals surface area contributed by atoms with Gasteiger partial charge in [-0.1, -0.05) is 45.0 Å². The summed E-state index contributed by atoms with van der Waals surface area (Å²) in [6.07, 6.45) is 2.64. The van der Waals surface area contributed by atoms with Crippen LogP contribution in [0.4, 0.5) is 0 Å². The molecule has 138 valence electrons. The van der Waals surface area contributed by atoms with Crippen LogP contribution in [0.2, 0.25) is 0 Å². The van der Waals surface area contributed by atoms with Gasteiger partial charge in [0.05, 0.1) is 6.54 Å². The normalized spacial score (nSPS) is 11.8. The lowest BCUT2D eigenvalue weighted by Gasteiger charge is -2.19. The molecule has 0 saturated heterocycles. The van der Waals surface area contributed by atoms with Crippen molar-refractivity contribution >= 4 is 29.9 Å². The van der Waals surface area contributed by atoms with Crippen LogP contribution in [0.15, 0.2) is 35.6 Å². The predicted octanol–water partition coefficient (Wildman–Crippen LogP) is 2.64. The first-order chi connectivity index (χ1) is 11.4. The van der Waals surface area contributed by atoms with E-state index in [1.165, 1.54) is 11.1 Å². The molecule has 0 amide bonds. The largest absolute Gasteiger partial charge is 0.356 e. The van der Waals surface area contributed by atoms with Crippen molar-refractivity contribution in [3.05, 3.63) is 47.5 Å². The minimum absolute atomic E-state index is 0. The molecule has 0 unspecified atom stereocenters. The third kappa shape index (κ3) is 6.64. The molecule has 2 rings (SSSR count). The maximum atomic E-state index is 4.23. The van der Waals surface area contributed by atoms with E-state index < -0.39 is 0 Å². The zero-order chi connectivity index (χ0) is 17.6. The first-order valence-electron chi connectivity index (χ1n) is 8.27. The van der Waals surface area contributed by atoms with E-state index in [1.807, 2.05) is 11.6 Å². The fraction of sp³-hybridized carbons (Fsp3) is 0.500. The van der Waals surface area contributed by atoms with Gasteiger partial charge in [-0.2, -0.15) is 0 Å². The van der Waals surface area contributed by atoms with Gasteiger partial charge in [-0.25, -0.2) is 0 Å². The first-order valence-corrected chi connectivity index (χ1v) is 8.27. The van der Waals surface area contributed by atoms with E-state index in [0.717, 1.165) is 24.7 Å². The number of hydrogen-bond donors (Lipinski definition) is 2. The first kappa shape index (κ1) is 21.4. The summed E-state index contributed by atoms with van der Waals surface area (Å²) in [7, 11) is 3.69. The second kappa shape index (κ2) is 9.74. The topological polar surface area (TPSA) is 67.1 Å². The number of aromatic nitrogens is 3. The van der Waals surface area contributed by atoms with Crippen LogP contribution in [0.5, 0.6) is 0 Å². The summed E-state index contributed by atoms with van der Waals surface area (Å²) >= 11 is 0. The van der Waals surface area contributed by atoms with Crippen LogP contribution in [0.3, 0.4) is 0 Å². The summed E-state index contributed by atoms with van der Waals surface area (Å²) in [6, 6.07) is 8.85. The summed E-state index contributed by atoms with van der Waals surface area (Å²) in [5.74, 6) is 1.64. The van der Waals surface area contributed by atoms with Crippen LogP contribution in [0.1, 0.15) is 37.7 Å². The lowest BCUT2D eigenvalue weighted by molar-refractivity contribution is 0.590. The van der Waals surface area contributed by atoms with Crippen LogP contribution in [-0.4, -0.2) is 34.3 Å². The van der Waals surface area contributed by atoms with E-state index in [1.54, 1.807) is 13.4 Å². The minimum atomic E-state index is 0. The summed E-state index contributed by atoms with van der Waals surface area (Å²) in [6.45, 7) is 8.12. The van der Waals surface area contributed by atoms with Crippen molar-refractivity contribution in [2.45, 2.75) is 39.2 Å². The smallest absolute Gasteiger partial charge is 0.191 e. The van der Waals surface area contributed by atoms with Gasteiger partial charge in [0.2, 0.25) is 0 Å². The SMILES string of the molecule is CN=C(NCCc1ccc(C(C)(C)C)cc1)NCc1nncn1C.I. The van der Waals surface area contributed by atoms with Crippen molar-refractivity contribution in [3.8, 4) is 0 Å².